The van der Waals surface area contributed by atoms with Crippen molar-refractivity contribution in [3.8, 4) is 0 Å². The summed E-state index contributed by atoms with van der Waals surface area (Å²) < 4.78 is 0. The van der Waals surface area contributed by atoms with Gasteiger partial charge in [0.05, 0.1) is 0 Å². The minimum absolute atomic E-state index is 0.296. The predicted octanol–water partition coefficient (Wildman–Crippen LogP) is 1.37. The molecular weight excluding hydrogens is 162 g/mol. The second kappa shape index (κ2) is 5.15. The Balaban J connectivity index is 4.21. The number of hydrogen-bond acceptors (Lipinski definition) is 4. The van der Waals surface area contributed by atoms with Gasteiger partial charge in [-0.05, 0) is 18.9 Å². The average Bonchev–Trinajstić information content (AvgIpc) is 2.01. The molecule has 0 spiro atoms. The number of hydrogen-bond donors (Lipinski definition) is 0. The molecule has 0 saturated carbocycles. The van der Waals surface area contributed by atoms with Crippen molar-refractivity contribution >= 4 is 11.8 Å². The molecular formula is C6H9N3O3. The molecule has 12 heavy (non-hydrogen) atoms. The highest BCUT2D eigenvalue weighted by atomic mass is 16.7. The third-order valence-corrected chi connectivity index (χ3v) is 1.35. The molecule has 6 nitrogen and oxygen atoms in total. The van der Waals surface area contributed by atoms with Gasteiger partial charge in [0.15, 0.2) is 0 Å². The molecule has 1 atom stereocenters. The molecule has 0 rings (SSSR count). The summed E-state index contributed by atoms with van der Waals surface area (Å²) >= 11 is 0. The van der Waals surface area contributed by atoms with E-state index in [1.165, 1.54) is 6.92 Å². The zero-order chi connectivity index (χ0) is 9.56. The Bertz CT molecular complexity index is 232. The Morgan fingerprint density at radius 1 is 1.67 bits per heavy atom. The Morgan fingerprint density at radius 2 is 2.25 bits per heavy atom. The number of nitrogens with zero attached hydrogens (tertiary/aromatic N) is 3. The lowest BCUT2D eigenvalue weighted by Gasteiger charge is -2.05. The summed E-state index contributed by atoms with van der Waals surface area (Å²) in [7, 11) is 0. The van der Waals surface area contributed by atoms with E-state index in [1.807, 2.05) is 0 Å². The van der Waals surface area contributed by atoms with Crippen LogP contribution in [-0.2, 0) is 14.4 Å². The molecule has 0 aromatic carbocycles. The zero-order valence-electron chi connectivity index (χ0n) is 6.85. The second-order valence-corrected chi connectivity index (χ2v) is 2.15. The van der Waals surface area contributed by atoms with Crippen LogP contribution in [0.5, 0.6) is 0 Å². The van der Waals surface area contributed by atoms with Crippen molar-refractivity contribution in [2.75, 3.05) is 0 Å². The number of Topliss-reactive ketones (excluding diaryl/α,β-unsaturated/α-hetero) is 1. The first-order valence-corrected chi connectivity index (χ1v) is 3.39. The summed E-state index contributed by atoms with van der Waals surface area (Å²) in [5.74, 6) is -1.92. The van der Waals surface area contributed by atoms with Gasteiger partial charge >= 0.3 is 5.97 Å². The van der Waals surface area contributed by atoms with Gasteiger partial charge < -0.3 is 4.84 Å². The van der Waals surface area contributed by atoms with Gasteiger partial charge in [-0.2, -0.15) is 0 Å². The number of rotatable bonds is 4. The first kappa shape index (κ1) is 10.4. The zero-order valence-corrected chi connectivity index (χ0v) is 6.85. The summed E-state index contributed by atoms with van der Waals surface area (Å²) in [6.45, 7) is 2.95. The molecule has 0 bridgehead atoms. The van der Waals surface area contributed by atoms with Crippen LogP contribution < -0.4 is 0 Å². The lowest BCUT2D eigenvalue weighted by molar-refractivity contribution is -0.152. The van der Waals surface area contributed by atoms with E-state index in [0.29, 0.717) is 6.42 Å². The van der Waals surface area contributed by atoms with Crippen LogP contribution in [0.3, 0.4) is 0 Å². The topological polar surface area (TPSA) is 92.1 Å². The summed E-state index contributed by atoms with van der Waals surface area (Å²) in [6.07, 6.45) is 0.342. The summed E-state index contributed by atoms with van der Waals surface area (Å²) in [4.78, 5) is 27.9. The second-order valence-electron chi connectivity index (χ2n) is 2.15. The molecule has 0 aliphatic heterocycles. The van der Waals surface area contributed by atoms with Crippen molar-refractivity contribution in [2.24, 2.45) is 11.2 Å². The predicted molar refractivity (Wildman–Crippen MR) is 39.7 cm³/mol. The minimum Gasteiger partial charge on any atom is -0.358 e. The van der Waals surface area contributed by atoms with Crippen LogP contribution in [0.4, 0.5) is 0 Å². The highest BCUT2D eigenvalue weighted by molar-refractivity contribution is 5.97. The first-order valence-electron chi connectivity index (χ1n) is 3.39. The van der Waals surface area contributed by atoms with Gasteiger partial charge in [-0.25, -0.2) is 0 Å². The number of ketones is 1. The molecule has 0 amide bonds. The summed E-state index contributed by atoms with van der Waals surface area (Å²) in [6, 6.07) is 0. The molecule has 1 unspecified atom stereocenters. The maximum atomic E-state index is 10.9. The number of azide groups is 1. The Hall–Kier alpha value is -1.55. The highest BCUT2D eigenvalue weighted by Crippen LogP contribution is 2.06. The molecule has 0 saturated heterocycles. The van der Waals surface area contributed by atoms with Gasteiger partial charge in [0.25, 0.3) is 0 Å². The maximum Gasteiger partial charge on any atom is 0.328 e. The van der Waals surface area contributed by atoms with Crippen molar-refractivity contribution in [1.82, 2.24) is 0 Å². The van der Waals surface area contributed by atoms with Gasteiger partial charge in [-0.3, -0.25) is 9.59 Å². The van der Waals surface area contributed by atoms with E-state index in [2.05, 4.69) is 15.0 Å². The van der Waals surface area contributed by atoms with Crippen LogP contribution in [0.25, 0.3) is 10.4 Å². The SMILES string of the molecule is CCC(C(C)=O)C(=O)ON=[N+]=[N-]. The fourth-order valence-corrected chi connectivity index (χ4v) is 0.742. The largest absolute Gasteiger partial charge is 0.358 e. The van der Waals surface area contributed by atoms with Gasteiger partial charge in [0.1, 0.15) is 17.0 Å². The van der Waals surface area contributed by atoms with E-state index in [9.17, 15) is 9.59 Å². The number of carbonyl (C=O) groups is 2. The van der Waals surface area contributed by atoms with Crippen LogP contribution in [-0.4, -0.2) is 11.8 Å². The lowest BCUT2D eigenvalue weighted by atomic mass is 10.0. The summed E-state index contributed by atoms with van der Waals surface area (Å²) in [5, 5.41) is 2.60. The van der Waals surface area contributed by atoms with E-state index in [1.54, 1.807) is 6.92 Å². The molecule has 0 heterocycles. The third-order valence-electron chi connectivity index (χ3n) is 1.35. The van der Waals surface area contributed by atoms with Crippen molar-refractivity contribution in [3.05, 3.63) is 10.4 Å². The Kier molecular flexibility index (Phi) is 4.48. The van der Waals surface area contributed by atoms with E-state index in [0.717, 1.165) is 0 Å². The van der Waals surface area contributed by atoms with Crippen LogP contribution >= 0.6 is 0 Å². The molecule has 0 aliphatic rings. The van der Waals surface area contributed by atoms with E-state index >= 15 is 0 Å². The quantitative estimate of drug-likeness (QED) is 0.210. The smallest absolute Gasteiger partial charge is 0.328 e. The third kappa shape index (κ3) is 3.03. The lowest BCUT2D eigenvalue weighted by Crippen LogP contribution is -2.21. The standard InChI is InChI=1S/C6H9N3O3/c1-3-5(4(2)10)6(11)12-9-8-7/h5H,3H2,1-2H3. The van der Waals surface area contributed by atoms with Crippen molar-refractivity contribution < 1.29 is 14.4 Å². The minimum atomic E-state index is -0.824. The molecule has 0 aromatic heterocycles. The molecule has 0 N–H and O–H groups in total. The first-order chi connectivity index (χ1) is 5.63. The van der Waals surface area contributed by atoms with Gasteiger partial charge in [0, 0.05) is 4.91 Å². The molecule has 66 valence electrons. The highest BCUT2D eigenvalue weighted by Gasteiger charge is 2.22. The van der Waals surface area contributed by atoms with Crippen LogP contribution in [0.15, 0.2) is 5.28 Å². The van der Waals surface area contributed by atoms with E-state index in [4.69, 9.17) is 5.53 Å². The normalized spacial score (nSPS) is 11.2. The van der Waals surface area contributed by atoms with Crippen molar-refractivity contribution in [2.45, 2.75) is 20.3 Å². The fourth-order valence-electron chi connectivity index (χ4n) is 0.742. The average molecular weight is 171 g/mol. The molecule has 0 aromatic rings. The molecule has 0 fully saturated rings. The van der Waals surface area contributed by atoms with Crippen molar-refractivity contribution in [3.63, 3.8) is 0 Å². The number of carbonyl (C=O) groups excluding carboxylic acids is 2. The van der Waals surface area contributed by atoms with Crippen LogP contribution in [0.1, 0.15) is 20.3 Å². The van der Waals surface area contributed by atoms with Gasteiger partial charge in [-0.1, -0.05) is 6.92 Å². The molecule has 6 heteroatoms. The molecule has 0 radical (unpaired) electrons. The molecule has 0 aliphatic carbocycles. The Labute approximate surface area is 69.1 Å². The fraction of sp³-hybridized carbons (Fsp3) is 0.667. The maximum absolute atomic E-state index is 10.9. The van der Waals surface area contributed by atoms with E-state index < -0.39 is 11.9 Å². The van der Waals surface area contributed by atoms with E-state index in [-0.39, 0.29) is 5.78 Å². The monoisotopic (exact) mass is 171 g/mol. The van der Waals surface area contributed by atoms with Gasteiger partial charge in [-0.15, -0.1) is 0 Å². The van der Waals surface area contributed by atoms with Crippen LogP contribution in [0.2, 0.25) is 0 Å². The van der Waals surface area contributed by atoms with Gasteiger partial charge in [0.2, 0.25) is 0 Å². The van der Waals surface area contributed by atoms with Crippen LogP contribution in [0, 0.1) is 5.92 Å². The van der Waals surface area contributed by atoms with Crippen molar-refractivity contribution in [1.29, 1.82) is 0 Å². The Morgan fingerprint density at radius 3 is 2.58 bits per heavy atom. The summed E-state index contributed by atoms with van der Waals surface area (Å²) in [5.41, 5.74) is 7.80.